The van der Waals surface area contributed by atoms with Crippen molar-refractivity contribution < 1.29 is 52.7 Å². The Labute approximate surface area is 317 Å². The molecule has 0 spiro atoms. The molecule has 0 aliphatic carbocycles. The van der Waals surface area contributed by atoms with Crippen molar-refractivity contribution in [3.63, 3.8) is 0 Å². The van der Waals surface area contributed by atoms with E-state index in [1.54, 1.807) is 0 Å². The maximum absolute atomic E-state index is 14.2. The fourth-order valence-corrected chi connectivity index (χ4v) is 7.28. The summed E-state index contributed by atoms with van der Waals surface area (Å²) in [6.45, 7) is 0. The van der Waals surface area contributed by atoms with Crippen molar-refractivity contribution in [3.05, 3.63) is 143 Å². The minimum atomic E-state index is -4.95. The van der Waals surface area contributed by atoms with Gasteiger partial charge >= 0.3 is 24.7 Å². The van der Waals surface area contributed by atoms with Gasteiger partial charge in [0.1, 0.15) is 11.6 Å². The van der Waals surface area contributed by atoms with E-state index in [0.29, 0.717) is 24.3 Å². The van der Waals surface area contributed by atoms with Crippen LogP contribution in [0.4, 0.5) is 52.7 Å². The first-order valence-corrected chi connectivity index (χ1v) is 16.7. The van der Waals surface area contributed by atoms with Crippen LogP contribution in [0.1, 0.15) is 33.4 Å². The van der Waals surface area contributed by atoms with Crippen LogP contribution >= 0.6 is 0 Å². The van der Waals surface area contributed by atoms with Crippen LogP contribution in [-0.2, 0) is 24.7 Å². The predicted molar refractivity (Wildman–Crippen MR) is 190 cm³/mol. The van der Waals surface area contributed by atoms with Crippen molar-refractivity contribution in [2.45, 2.75) is 24.7 Å². The molecule has 0 fully saturated rings. The molecule has 4 nitrogen and oxygen atoms in total. The Hall–Kier alpha value is -6.94. The Morgan fingerprint density at radius 2 is 0.724 bits per heavy atom. The first-order chi connectivity index (χ1) is 27.2. The molecule has 8 aromatic rings. The van der Waals surface area contributed by atoms with Crippen LogP contribution in [0, 0.1) is 22.7 Å². The Bertz CT molecular complexity index is 2780. The van der Waals surface area contributed by atoms with Crippen molar-refractivity contribution in [3.8, 4) is 34.6 Å². The number of hydrogen-bond acceptors (Lipinski definition) is 2. The molecule has 2 aromatic heterocycles. The molecule has 290 valence electrons. The highest BCUT2D eigenvalue weighted by atomic mass is 19.4. The molecule has 0 N–H and O–H groups in total. The molecule has 0 atom stereocenters. The molecule has 0 saturated heterocycles. The lowest BCUT2D eigenvalue weighted by Crippen LogP contribution is -2.09. The normalized spacial score (nSPS) is 12.8. The van der Waals surface area contributed by atoms with Gasteiger partial charge in [0.25, 0.3) is 0 Å². The lowest BCUT2D eigenvalue weighted by Gasteiger charge is -2.19. The van der Waals surface area contributed by atoms with E-state index in [0.717, 1.165) is 57.7 Å². The van der Waals surface area contributed by atoms with Gasteiger partial charge < -0.3 is 9.13 Å². The zero-order valence-corrected chi connectivity index (χ0v) is 28.7. The highest BCUT2D eigenvalue weighted by molar-refractivity contribution is 6.11. The zero-order chi connectivity index (χ0) is 41.7. The number of nitriles is 2. The zero-order valence-electron chi connectivity index (χ0n) is 28.7. The Morgan fingerprint density at radius 1 is 0.379 bits per heavy atom. The van der Waals surface area contributed by atoms with Crippen LogP contribution < -0.4 is 0 Å². The molecule has 0 unspecified atom stereocenters. The lowest BCUT2D eigenvalue weighted by atomic mass is 9.98. The molecule has 0 amide bonds. The first-order valence-electron chi connectivity index (χ1n) is 16.7. The number of benzene rings is 6. The summed E-state index contributed by atoms with van der Waals surface area (Å²) in [6.07, 6.45) is -19.8. The summed E-state index contributed by atoms with van der Waals surface area (Å²) in [5.74, 6) is 0. The van der Waals surface area contributed by atoms with E-state index in [9.17, 15) is 63.2 Å². The lowest BCUT2D eigenvalue weighted by molar-refractivity contribution is -0.138. The van der Waals surface area contributed by atoms with Crippen LogP contribution in [0.5, 0.6) is 0 Å². The fourth-order valence-electron chi connectivity index (χ4n) is 7.28. The summed E-state index contributed by atoms with van der Waals surface area (Å²) in [6, 6.07) is 21.7. The molecule has 0 aliphatic rings. The van der Waals surface area contributed by atoms with Gasteiger partial charge in [-0.2, -0.15) is 63.2 Å². The largest absolute Gasteiger partial charge is 0.416 e. The second-order valence-electron chi connectivity index (χ2n) is 13.3. The monoisotopic (exact) mass is 806 g/mol. The Kier molecular flexibility index (Phi) is 8.37. The van der Waals surface area contributed by atoms with Crippen LogP contribution in [-0.4, -0.2) is 9.13 Å². The number of alkyl halides is 12. The molecular formula is C42H18F12N4. The van der Waals surface area contributed by atoms with Crippen LogP contribution in [0.25, 0.3) is 66.1 Å². The number of fused-ring (bicyclic) bond motifs is 6. The van der Waals surface area contributed by atoms with E-state index in [1.807, 2.05) is 12.1 Å². The predicted octanol–water partition coefficient (Wildman–Crippen LogP) is 13.4. The first kappa shape index (κ1) is 38.0. The molecule has 0 bridgehead atoms. The smallest absolute Gasteiger partial charge is 0.308 e. The van der Waals surface area contributed by atoms with Crippen molar-refractivity contribution in [2.75, 3.05) is 0 Å². The third-order valence-electron chi connectivity index (χ3n) is 9.86. The minimum Gasteiger partial charge on any atom is -0.308 e. The van der Waals surface area contributed by atoms with E-state index < -0.39 is 52.5 Å². The van der Waals surface area contributed by atoms with Gasteiger partial charge in [-0.05, 0) is 83.9 Å². The van der Waals surface area contributed by atoms with Crippen molar-refractivity contribution in [1.82, 2.24) is 9.13 Å². The average molecular weight is 807 g/mol. The molecule has 0 saturated carbocycles. The number of aromatic nitrogens is 2. The second-order valence-corrected chi connectivity index (χ2v) is 13.3. The van der Waals surface area contributed by atoms with Gasteiger partial charge in [-0.3, -0.25) is 0 Å². The summed E-state index contributed by atoms with van der Waals surface area (Å²) >= 11 is 0. The number of hydrogen-bond donors (Lipinski definition) is 0. The van der Waals surface area contributed by atoms with Crippen LogP contribution in [0.15, 0.2) is 109 Å². The average Bonchev–Trinajstić information content (AvgIpc) is 3.67. The van der Waals surface area contributed by atoms with Crippen molar-refractivity contribution >= 4 is 43.6 Å². The Balaban J connectivity index is 1.61. The molecule has 58 heavy (non-hydrogen) atoms. The van der Waals surface area contributed by atoms with Crippen molar-refractivity contribution in [1.29, 1.82) is 10.5 Å². The van der Waals surface area contributed by atoms with E-state index >= 15 is 0 Å². The van der Waals surface area contributed by atoms with Crippen LogP contribution in [0.2, 0.25) is 0 Å². The highest BCUT2D eigenvalue weighted by Gasteiger charge is 2.36. The van der Waals surface area contributed by atoms with Gasteiger partial charge in [-0.1, -0.05) is 36.4 Å². The second kappa shape index (κ2) is 12.8. The van der Waals surface area contributed by atoms with E-state index in [1.165, 1.54) is 36.4 Å². The number of rotatable bonds is 3. The summed E-state index contributed by atoms with van der Waals surface area (Å²) in [5, 5.41) is 20.7. The summed E-state index contributed by atoms with van der Waals surface area (Å²) in [4.78, 5) is 0. The van der Waals surface area contributed by atoms with Crippen molar-refractivity contribution in [2.24, 2.45) is 0 Å². The quantitative estimate of drug-likeness (QED) is 0.167. The summed E-state index contributed by atoms with van der Waals surface area (Å²) in [7, 11) is 0. The van der Waals surface area contributed by atoms with Gasteiger partial charge in [0, 0.05) is 21.5 Å². The molecule has 6 aromatic carbocycles. The maximum atomic E-state index is 14.2. The van der Waals surface area contributed by atoms with E-state index in [2.05, 4.69) is 0 Å². The molecule has 2 heterocycles. The van der Waals surface area contributed by atoms with Gasteiger partial charge in [-0.25, -0.2) is 0 Å². The van der Waals surface area contributed by atoms with Gasteiger partial charge in [0.15, 0.2) is 0 Å². The molecule has 0 aliphatic heterocycles. The standard InChI is InChI=1S/C42H18F12N4/c43-39(44,45)24-4-8-28-29-9-5-25(40(46,47)48)16-36(29)57(35(28)15-24)33-13-23(22-3-1-2-21(12-22)19-55)14-34(32(33)20-56)58-37-17-26(41(49,50)51)6-10-30(37)31-11-7-27(18-38(31)58)42(52,53)54/h1-18H. The number of nitrogens with zero attached hydrogens (tertiary/aromatic N) is 4. The summed E-state index contributed by atoms with van der Waals surface area (Å²) < 4.78 is 172. The molecular weight excluding hydrogens is 788 g/mol. The van der Waals surface area contributed by atoms with Gasteiger partial charge in [-0.15, -0.1) is 0 Å². The van der Waals surface area contributed by atoms with Gasteiger partial charge in [0.05, 0.1) is 67.3 Å². The Morgan fingerprint density at radius 3 is 1.02 bits per heavy atom. The molecule has 8 rings (SSSR count). The van der Waals surface area contributed by atoms with E-state index in [-0.39, 0.29) is 71.7 Å². The SMILES string of the molecule is N#Cc1cccc(-c2cc(-n3c4cc(C(F)(F)F)ccc4c4ccc(C(F)(F)F)cc43)c(C#N)c(-n3c4cc(C(F)(F)F)ccc4c4ccc(C(F)(F)F)cc43)c2)c1. The molecule has 0 radical (unpaired) electrons. The third-order valence-corrected chi connectivity index (χ3v) is 9.86. The maximum Gasteiger partial charge on any atom is 0.416 e. The third kappa shape index (κ3) is 6.21. The summed E-state index contributed by atoms with van der Waals surface area (Å²) in [5.41, 5.74) is -7.08. The molecule has 16 heteroatoms. The van der Waals surface area contributed by atoms with Gasteiger partial charge in [0.2, 0.25) is 0 Å². The van der Waals surface area contributed by atoms with E-state index in [4.69, 9.17) is 0 Å². The topological polar surface area (TPSA) is 57.4 Å². The van der Waals surface area contributed by atoms with Crippen LogP contribution in [0.3, 0.4) is 0 Å². The fraction of sp³-hybridized carbons (Fsp3) is 0.0952. The number of halogens is 12. The minimum absolute atomic E-state index is 0.0283. The highest BCUT2D eigenvalue weighted by Crippen LogP contribution is 2.45.